The van der Waals surface area contributed by atoms with Crippen LogP contribution in [0.3, 0.4) is 0 Å². The quantitative estimate of drug-likeness (QED) is 0.727. The molecular formula is C19H23N3O. The first-order chi connectivity index (χ1) is 11.3. The second-order valence-electron chi connectivity index (χ2n) is 4.78. The summed E-state index contributed by atoms with van der Waals surface area (Å²) in [7, 11) is 0. The Morgan fingerprint density at radius 3 is 2.48 bits per heavy atom. The highest BCUT2D eigenvalue weighted by atomic mass is 16.5. The average Bonchev–Trinajstić information content (AvgIpc) is 2.59. The van der Waals surface area contributed by atoms with Gasteiger partial charge in [0.1, 0.15) is 17.9 Å². The maximum atomic E-state index is 5.67. The number of hydrogen-bond donors (Lipinski definition) is 1. The standard InChI is InChI=1S/C17H17N3O.C2H6/c1-3-21-16-10-14-15(9-12(16)2)18-11-19-17(14)20-13-7-5-4-6-8-13;1-2/h4-11H,3H2,1-2H3,(H,18,19,20);1-2H3. The molecule has 4 heteroatoms. The van der Waals surface area contributed by atoms with E-state index in [0.29, 0.717) is 6.61 Å². The molecule has 3 rings (SSSR count). The molecule has 0 atom stereocenters. The third kappa shape index (κ3) is 3.97. The summed E-state index contributed by atoms with van der Waals surface area (Å²) in [5, 5.41) is 4.28. The summed E-state index contributed by atoms with van der Waals surface area (Å²) in [6.45, 7) is 8.65. The monoisotopic (exact) mass is 309 g/mol. The highest BCUT2D eigenvalue weighted by Crippen LogP contribution is 2.29. The van der Waals surface area contributed by atoms with Crippen LogP contribution in [0.5, 0.6) is 5.75 Å². The first-order valence-electron chi connectivity index (χ1n) is 7.98. The van der Waals surface area contributed by atoms with Gasteiger partial charge >= 0.3 is 0 Å². The molecule has 0 aliphatic rings. The molecule has 1 heterocycles. The number of rotatable bonds is 4. The van der Waals surface area contributed by atoms with Crippen molar-refractivity contribution < 1.29 is 4.74 Å². The SMILES string of the molecule is CC.CCOc1cc2c(Nc3ccccc3)ncnc2cc1C. The molecule has 0 fully saturated rings. The van der Waals surface area contributed by atoms with Gasteiger partial charge in [-0.2, -0.15) is 0 Å². The van der Waals surface area contributed by atoms with Crippen molar-refractivity contribution in [3.8, 4) is 5.75 Å². The summed E-state index contributed by atoms with van der Waals surface area (Å²) in [5.41, 5.74) is 2.98. The summed E-state index contributed by atoms with van der Waals surface area (Å²) < 4.78 is 5.67. The minimum Gasteiger partial charge on any atom is -0.494 e. The Morgan fingerprint density at radius 1 is 1.04 bits per heavy atom. The van der Waals surface area contributed by atoms with Gasteiger partial charge in [0.25, 0.3) is 0 Å². The summed E-state index contributed by atoms with van der Waals surface area (Å²) >= 11 is 0. The number of fused-ring (bicyclic) bond motifs is 1. The Hall–Kier alpha value is -2.62. The smallest absolute Gasteiger partial charge is 0.141 e. The van der Waals surface area contributed by atoms with Gasteiger partial charge in [0.05, 0.1) is 12.1 Å². The second-order valence-corrected chi connectivity index (χ2v) is 4.78. The molecule has 0 saturated heterocycles. The normalized spacial score (nSPS) is 9.91. The zero-order valence-corrected chi connectivity index (χ0v) is 14.1. The van der Waals surface area contributed by atoms with E-state index in [4.69, 9.17) is 4.74 Å². The van der Waals surface area contributed by atoms with Crippen molar-refractivity contribution in [1.29, 1.82) is 0 Å². The molecule has 0 saturated carbocycles. The van der Waals surface area contributed by atoms with E-state index in [1.54, 1.807) is 6.33 Å². The van der Waals surface area contributed by atoms with E-state index in [-0.39, 0.29) is 0 Å². The third-order valence-electron chi connectivity index (χ3n) is 3.27. The van der Waals surface area contributed by atoms with E-state index >= 15 is 0 Å². The number of hydrogen-bond acceptors (Lipinski definition) is 4. The molecule has 23 heavy (non-hydrogen) atoms. The zero-order valence-electron chi connectivity index (χ0n) is 14.1. The van der Waals surface area contributed by atoms with Gasteiger partial charge in [-0.05, 0) is 43.7 Å². The van der Waals surface area contributed by atoms with Crippen LogP contribution in [-0.2, 0) is 0 Å². The molecule has 2 aromatic carbocycles. The van der Waals surface area contributed by atoms with Crippen LogP contribution in [0, 0.1) is 6.92 Å². The van der Waals surface area contributed by atoms with E-state index in [0.717, 1.165) is 33.7 Å². The van der Waals surface area contributed by atoms with Crippen molar-refractivity contribution in [2.75, 3.05) is 11.9 Å². The predicted molar refractivity (Wildman–Crippen MR) is 96.5 cm³/mol. The van der Waals surface area contributed by atoms with Crippen LogP contribution in [-0.4, -0.2) is 16.6 Å². The van der Waals surface area contributed by atoms with Crippen molar-refractivity contribution >= 4 is 22.4 Å². The van der Waals surface area contributed by atoms with Crippen LogP contribution in [0.4, 0.5) is 11.5 Å². The van der Waals surface area contributed by atoms with E-state index in [1.807, 2.05) is 70.2 Å². The van der Waals surface area contributed by atoms with Crippen molar-refractivity contribution in [2.24, 2.45) is 0 Å². The molecule has 0 amide bonds. The fourth-order valence-electron chi connectivity index (χ4n) is 2.26. The number of ether oxygens (including phenoxy) is 1. The lowest BCUT2D eigenvalue weighted by atomic mass is 10.1. The van der Waals surface area contributed by atoms with Crippen molar-refractivity contribution in [3.63, 3.8) is 0 Å². The van der Waals surface area contributed by atoms with Crippen molar-refractivity contribution in [3.05, 3.63) is 54.4 Å². The maximum Gasteiger partial charge on any atom is 0.141 e. The lowest BCUT2D eigenvalue weighted by molar-refractivity contribution is 0.338. The summed E-state index contributed by atoms with van der Waals surface area (Å²) in [5.74, 6) is 1.66. The molecule has 0 radical (unpaired) electrons. The first kappa shape index (κ1) is 16.7. The van der Waals surface area contributed by atoms with Crippen molar-refractivity contribution in [2.45, 2.75) is 27.7 Å². The van der Waals surface area contributed by atoms with Gasteiger partial charge in [-0.3, -0.25) is 0 Å². The van der Waals surface area contributed by atoms with Gasteiger partial charge in [-0.15, -0.1) is 0 Å². The van der Waals surface area contributed by atoms with Gasteiger partial charge in [-0.1, -0.05) is 32.0 Å². The lowest BCUT2D eigenvalue weighted by Crippen LogP contribution is -1.98. The van der Waals surface area contributed by atoms with Gasteiger partial charge in [0, 0.05) is 11.1 Å². The van der Waals surface area contributed by atoms with Crippen LogP contribution in [0.25, 0.3) is 10.9 Å². The largest absolute Gasteiger partial charge is 0.494 e. The predicted octanol–water partition coefficient (Wildman–Crippen LogP) is 5.11. The van der Waals surface area contributed by atoms with Crippen LogP contribution >= 0.6 is 0 Å². The summed E-state index contributed by atoms with van der Waals surface area (Å²) in [6.07, 6.45) is 1.58. The third-order valence-corrected chi connectivity index (χ3v) is 3.27. The molecule has 0 aliphatic heterocycles. The maximum absolute atomic E-state index is 5.67. The zero-order chi connectivity index (χ0) is 16.7. The van der Waals surface area contributed by atoms with Crippen molar-refractivity contribution in [1.82, 2.24) is 9.97 Å². The number of aromatic nitrogens is 2. The minimum atomic E-state index is 0.640. The Kier molecular flexibility index (Phi) is 5.92. The van der Waals surface area contributed by atoms with Gasteiger partial charge in [0.15, 0.2) is 0 Å². The summed E-state index contributed by atoms with van der Waals surface area (Å²) in [4.78, 5) is 8.69. The Balaban J connectivity index is 0.000000924. The molecular weight excluding hydrogens is 286 g/mol. The number of anilines is 2. The average molecular weight is 309 g/mol. The fraction of sp³-hybridized carbons (Fsp3) is 0.263. The number of para-hydroxylation sites is 1. The Morgan fingerprint density at radius 2 is 1.78 bits per heavy atom. The highest BCUT2D eigenvalue weighted by Gasteiger charge is 2.08. The van der Waals surface area contributed by atoms with Crippen LogP contribution < -0.4 is 10.1 Å². The van der Waals surface area contributed by atoms with Crippen LogP contribution in [0.15, 0.2) is 48.8 Å². The number of nitrogens with zero attached hydrogens (tertiary/aromatic N) is 2. The molecule has 0 bridgehead atoms. The summed E-state index contributed by atoms with van der Waals surface area (Å²) in [6, 6.07) is 14.0. The van der Waals surface area contributed by atoms with Crippen LogP contribution in [0.2, 0.25) is 0 Å². The fourth-order valence-corrected chi connectivity index (χ4v) is 2.26. The van der Waals surface area contributed by atoms with Crippen LogP contribution in [0.1, 0.15) is 26.3 Å². The molecule has 3 aromatic rings. The number of benzene rings is 2. The molecule has 1 N–H and O–H groups in total. The Bertz CT molecular complexity index is 757. The Labute approximate surface area is 137 Å². The molecule has 1 aromatic heterocycles. The molecule has 4 nitrogen and oxygen atoms in total. The lowest BCUT2D eigenvalue weighted by Gasteiger charge is -2.12. The second kappa shape index (κ2) is 8.13. The van der Waals surface area contributed by atoms with E-state index in [9.17, 15) is 0 Å². The van der Waals surface area contributed by atoms with Gasteiger partial charge < -0.3 is 10.1 Å². The topological polar surface area (TPSA) is 47.0 Å². The molecule has 0 unspecified atom stereocenters. The minimum absolute atomic E-state index is 0.640. The number of aryl methyl sites for hydroxylation is 1. The molecule has 0 aliphatic carbocycles. The van der Waals surface area contributed by atoms with E-state index < -0.39 is 0 Å². The highest BCUT2D eigenvalue weighted by molar-refractivity contribution is 5.92. The number of nitrogens with one attached hydrogen (secondary N) is 1. The molecule has 120 valence electrons. The van der Waals surface area contributed by atoms with Gasteiger partial charge in [-0.25, -0.2) is 9.97 Å². The van der Waals surface area contributed by atoms with Gasteiger partial charge in [0.2, 0.25) is 0 Å². The van der Waals surface area contributed by atoms with E-state index in [1.165, 1.54) is 0 Å². The first-order valence-corrected chi connectivity index (χ1v) is 7.98. The molecule has 0 spiro atoms. The van der Waals surface area contributed by atoms with E-state index in [2.05, 4.69) is 15.3 Å².